The predicted molar refractivity (Wildman–Crippen MR) is 171 cm³/mol. The number of rotatable bonds is 7. The van der Waals surface area contributed by atoms with Gasteiger partial charge in [-0.25, -0.2) is 9.78 Å². The monoisotopic (exact) mass is 584 g/mol. The van der Waals surface area contributed by atoms with Crippen LogP contribution in [0.25, 0.3) is 0 Å². The molecule has 0 saturated carbocycles. The Labute approximate surface area is 252 Å². The molecule has 218 valence electrons. The highest BCUT2D eigenvalue weighted by atomic mass is 35.5. The van der Waals surface area contributed by atoms with Crippen LogP contribution in [0.2, 0.25) is 5.02 Å². The number of ether oxygens (including phenoxy) is 1. The lowest BCUT2D eigenvalue weighted by molar-refractivity contribution is 0.206. The topological polar surface area (TPSA) is 73.8 Å². The molecule has 0 atom stereocenters. The standard InChI is InChI=1S/C33H37ClN6O2/c1-22-17-24(3)31(25(4)18-22)42-33(41)40(21-26-19-27(34)10-9-23(26)2)30-11-12-35-32(37-30)36-28-7-6-8-29(20-28)39-15-13-38(5)14-16-39/h6-12,17-20H,13-16,21H2,1-5H3,(H,35,36,37). The number of nitrogens with one attached hydrogen (secondary N) is 1. The number of amides is 1. The van der Waals surface area contributed by atoms with Gasteiger partial charge in [-0.15, -0.1) is 0 Å². The van der Waals surface area contributed by atoms with Crippen LogP contribution in [0.15, 0.2) is 66.9 Å². The summed E-state index contributed by atoms with van der Waals surface area (Å²) in [5.41, 5.74) is 6.82. The van der Waals surface area contributed by atoms with Gasteiger partial charge in [0.1, 0.15) is 11.6 Å². The van der Waals surface area contributed by atoms with Gasteiger partial charge in [-0.05, 0) is 93.4 Å². The average Bonchev–Trinajstić information content (AvgIpc) is 2.96. The highest BCUT2D eigenvalue weighted by Crippen LogP contribution is 2.28. The molecule has 42 heavy (non-hydrogen) atoms. The summed E-state index contributed by atoms with van der Waals surface area (Å²) in [7, 11) is 2.15. The first-order valence-electron chi connectivity index (χ1n) is 14.1. The first kappa shape index (κ1) is 29.4. The van der Waals surface area contributed by atoms with Crippen molar-refractivity contribution in [3.8, 4) is 5.75 Å². The number of hydrogen-bond acceptors (Lipinski definition) is 7. The maximum atomic E-state index is 13.8. The SMILES string of the molecule is Cc1cc(C)c(OC(=O)N(Cc2cc(Cl)ccc2C)c2ccnc(Nc3cccc(N4CCN(C)CC4)c3)n2)c(C)c1. The van der Waals surface area contributed by atoms with E-state index < -0.39 is 6.09 Å². The molecule has 1 amide bonds. The lowest BCUT2D eigenvalue weighted by atomic mass is 10.1. The van der Waals surface area contributed by atoms with Crippen LogP contribution in [0.1, 0.15) is 27.8 Å². The second kappa shape index (κ2) is 12.8. The number of piperazine rings is 1. The molecule has 4 aromatic rings. The van der Waals surface area contributed by atoms with Gasteiger partial charge in [0.05, 0.1) is 6.54 Å². The van der Waals surface area contributed by atoms with Gasteiger partial charge in [0.15, 0.2) is 0 Å². The zero-order valence-corrected chi connectivity index (χ0v) is 25.6. The van der Waals surface area contributed by atoms with Crippen molar-refractivity contribution in [3.63, 3.8) is 0 Å². The summed E-state index contributed by atoms with van der Waals surface area (Å²) in [5.74, 6) is 1.34. The van der Waals surface area contributed by atoms with Gasteiger partial charge in [-0.1, -0.05) is 41.4 Å². The molecule has 8 nitrogen and oxygen atoms in total. The molecule has 0 unspecified atom stereocenters. The van der Waals surface area contributed by atoms with E-state index in [2.05, 4.69) is 39.3 Å². The molecule has 1 aliphatic rings. The molecule has 2 heterocycles. The van der Waals surface area contributed by atoms with Crippen LogP contribution in [0.3, 0.4) is 0 Å². The van der Waals surface area contributed by atoms with Crippen LogP contribution in [-0.4, -0.2) is 54.2 Å². The Morgan fingerprint density at radius 2 is 1.69 bits per heavy atom. The molecule has 0 bridgehead atoms. The van der Waals surface area contributed by atoms with Crippen molar-refractivity contribution in [2.75, 3.05) is 48.3 Å². The van der Waals surface area contributed by atoms with Gasteiger partial charge in [0, 0.05) is 48.8 Å². The maximum absolute atomic E-state index is 13.8. The Kier molecular flexibility index (Phi) is 8.94. The number of anilines is 4. The number of nitrogens with zero attached hydrogens (tertiary/aromatic N) is 5. The molecule has 9 heteroatoms. The number of benzene rings is 3. The fraction of sp³-hybridized carbons (Fsp3) is 0.303. The first-order valence-corrected chi connectivity index (χ1v) is 14.5. The van der Waals surface area contributed by atoms with Gasteiger partial charge in [-0.2, -0.15) is 4.98 Å². The van der Waals surface area contributed by atoms with Crippen molar-refractivity contribution in [2.45, 2.75) is 34.2 Å². The lowest BCUT2D eigenvalue weighted by Gasteiger charge is -2.34. The minimum absolute atomic E-state index is 0.227. The van der Waals surface area contributed by atoms with E-state index in [0.29, 0.717) is 22.5 Å². The van der Waals surface area contributed by atoms with E-state index in [9.17, 15) is 4.79 Å². The van der Waals surface area contributed by atoms with Crippen molar-refractivity contribution >= 4 is 40.8 Å². The number of carbonyl (C=O) groups excluding carboxylic acids is 1. The third-order valence-corrected chi connectivity index (χ3v) is 7.78. The number of carbonyl (C=O) groups is 1. The quantitative estimate of drug-likeness (QED) is 0.249. The molecule has 1 saturated heterocycles. The predicted octanol–water partition coefficient (Wildman–Crippen LogP) is 7.06. The van der Waals surface area contributed by atoms with Crippen LogP contribution in [0.4, 0.5) is 27.9 Å². The third-order valence-electron chi connectivity index (χ3n) is 7.54. The molecule has 1 fully saturated rings. The van der Waals surface area contributed by atoms with E-state index in [0.717, 1.165) is 65.4 Å². The second-order valence-corrected chi connectivity index (χ2v) is 11.4. The summed E-state index contributed by atoms with van der Waals surface area (Å²) < 4.78 is 6.00. The van der Waals surface area contributed by atoms with E-state index >= 15 is 0 Å². The Hall–Kier alpha value is -4.14. The second-order valence-electron chi connectivity index (χ2n) is 11.0. The zero-order chi connectivity index (χ0) is 29.8. The van der Waals surface area contributed by atoms with Gasteiger partial charge >= 0.3 is 6.09 Å². The van der Waals surface area contributed by atoms with Crippen molar-refractivity contribution in [1.29, 1.82) is 0 Å². The van der Waals surface area contributed by atoms with Crippen LogP contribution >= 0.6 is 11.6 Å². The average molecular weight is 585 g/mol. The summed E-state index contributed by atoms with van der Waals surface area (Å²) in [6.45, 7) is 12.1. The zero-order valence-electron chi connectivity index (χ0n) is 24.8. The lowest BCUT2D eigenvalue weighted by Crippen LogP contribution is -2.44. The van der Waals surface area contributed by atoms with Gasteiger partial charge in [-0.3, -0.25) is 4.90 Å². The number of halogens is 1. The van der Waals surface area contributed by atoms with Crippen molar-refractivity contribution in [1.82, 2.24) is 14.9 Å². The summed E-state index contributed by atoms with van der Waals surface area (Å²) in [6, 6.07) is 19.6. The molecule has 1 aromatic heterocycles. The molecule has 0 radical (unpaired) electrons. The van der Waals surface area contributed by atoms with Crippen LogP contribution in [0, 0.1) is 27.7 Å². The van der Waals surface area contributed by atoms with Gasteiger partial charge in [0.2, 0.25) is 5.95 Å². The normalized spacial score (nSPS) is 13.6. The number of aryl methyl sites for hydroxylation is 4. The fourth-order valence-electron chi connectivity index (χ4n) is 5.22. The molecule has 1 N–H and O–H groups in total. The van der Waals surface area contributed by atoms with E-state index in [-0.39, 0.29) is 6.54 Å². The number of likely N-dealkylation sites (N-methyl/N-ethyl adjacent to an activating group) is 1. The Morgan fingerprint density at radius 1 is 0.952 bits per heavy atom. The molecular weight excluding hydrogens is 548 g/mol. The highest BCUT2D eigenvalue weighted by molar-refractivity contribution is 6.30. The van der Waals surface area contributed by atoms with E-state index in [1.807, 2.05) is 70.2 Å². The molecule has 0 spiro atoms. The minimum atomic E-state index is -0.536. The summed E-state index contributed by atoms with van der Waals surface area (Å²) in [5, 5.41) is 3.92. The maximum Gasteiger partial charge on any atom is 0.421 e. The fourth-order valence-corrected chi connectivity index (χ4v) is 5.42. The van der Waals surface area contributed by atoms with E-state index in [4.69, 9.17) is 21.3 Å². The van der Waals surface area contributed by atoms with Gasteiger partial charge in [0.25, 0.3) is 0 Å². The highest BCUT2D eigenvalue weighted by Gasteiger charge is 2.23. The van der Waals surface area contributed by atoms with Crippen molar-refractivity contribution < 1.29 is 9.53 Å². The Morgan fingerprint density at radius 3 is 2.43 bits per heavy atom. The molecule has 3 aromatic carbocycles. The van der Waals surface area contributed by atoms with E-state index in [1.165, 1.54) is 4.90 Å². The largest absolute Gasteiger partial charge is 0.421 e. The number of aromatic nitrogens is 2. The van der Waals surface area contributed by atoms with E-state index in [1.54, 1.807) is 12.3 Å². The van der Waals surface area contributed by atoms with Crippen LogP contribution in [-0.2, 0) is 6.54 Å². The van der Waals surface area contributed by atoms with Gasteiger partial charge < -0.3 is 19.9 Å². The molecule has 5 rings (SSSR count). The molecule has 1 aliphatic heterocycles. The van der Waals surface area contributed by atoms with Crippen LogP contribution < -0.4 is 19.9 Å². The summed E-state index contributed by atoms with van der Waals surface area (Å²) in [6.07, 6.45) is 1.11. The third kappa shape index (κ3) is 7.01. The minimum Gasteiger partial charge on any atom is -0.409 e. The number of hydrogen-bond donors (Lipinski definition) is 1. The smallest absolute Gasteiger partial charge is 0.409 e. The van der Waals surface area contributed by atoms with Crippen LogP contribution in [0.5, 0.6) is 5.75 Å². The molecular formula is C33H37ClN6O2. The molecule has 0 aliphatic carbocycles. The summed E-state index contributed by atoms with van der Waals surface area (Å²) in [4.78, 5) is 29.2. The van der Waals surface area contributed by atoms with Crippen molar-refractivity contribution in [2.24, 2.45) is 0 Å². The first-order chi connectivity index (χ1) is 20.2. The van der Waals surface area contributed by atoms with Crippen molar-refractivity contribution in [3.05, 3.63) is 99.7 Å². The summed E-state index contributed by atoms with van der Waals surface area (Å²) >= 11 is 6.33. The Bertz CT molecular complexity index is 1560. The Balaban J connectivity index is 1.43.